The fraction of sp³-hybridized carbons (Fsp3) is 1.00. The number of hydrogen-bond donors (Lipinski definition) is 0. The van der Waals surface area contributed by atoms with E-state index in [9.17, 15) is 0 Å². The van der Waals surface area contributed by atoms with Gasteiger partial charge in [-0.2, -0.15) is 0 Å². The molecule has 1 aliphatic rings. The molecule has 0 radical (unpaired) electrons. The van der Waals surface area contributed by atoms with E-state index in [1.54, 1.807) is 0 Å². The van der Waals surface area contributed by atoms with Crippen LogP contribution in [0, 0.1) is 5.92 Å². The first-order valence-corrected chi connectivity index (χ1v) is 7.70. The molecule has 1 fully saturated rings. The second-order valence-electron chi connectivity index (χ2n) is 5.05. The van der Waals surface area contributed by atoms with Crippen molar-refractivity contribution in [1.82, 2.24) is 4.90 Å². The Balaban J connectivity index is 2.40. The minimum Gasteiger partial charge on any atom is -0.299 e. The molecule has 0 saturated carbocycles. The fourth-order valence-corrected chi connectivity index (χ4v) is 3.37. The monoisotopic (exact) mass is 275 g/mol. The Bertz CT molecular complexity index is 161. The van der Waals surface area contributed by atoms with Crippen LogP contribution < -0.4 is 0 Å². The summed E-state index contributed by atoms with van der Waals surface area (Å²) in [6, 6.07) is 0.798. The molecule has 0 aromatic heterocycles. The maximum absolute atomic E-state index is 3.67. The van der Waals surface area contributed by atoms with Crippen LogP contribution in [0.4, 0.5) is 0 Å². The highest BCUT2D eigenvalue weighted by Gasteiger charge is 2.20. The van der Waals surface area contributed by atoms with Crippen molar-refractivity contribution < 1.29 is 0 Å². The van der Waals surface area contributed by atoms with Crippen molar-refractivity contribution in [3.63, 3.8) is 0 Å². The Labute approximate surface area is 104 Å². The van der Waals surface area contributed by atoms with Crippen molar-refractivity contribution in [2.45, 2.75) is 58.4 Å². The average Bonchev–Trinajstić information content (AvgIpc) is 2.43. The Morgan fingerprint density at radius 1 is 1.33 bits per heavy atom. The van der Waals surface area contributed by atoms with Gasteiger partial charge in [-0.3, -0.25) is 4.90 Å². The summed E-state index contributed by atoms with van der Waals surface area (Å²) in [5.74, 6) is 0.870. The van der Waals surface area contributed by atoms with Crippen molar-refractivity contribution in [3.8, 4) is 0 Å². The van der Waals surface area contributed by atoms with Crippen molar-refractivity contribution in [2.75, 3.05) is 18.4 Å². The largest absolute Gasteiger partial charge is 0.299 e. The summed E-state index contributed by atoms with van der Waals surface area (Å²) in [6.45, 7) is 7.33. The van der Waals surface area contributed by atoms with E-state index in [2.05, 4.69) is 34.7 Å². The standard InChI is InChI=1S/C13H26BrN/c1-3-7-12(2)11-15-9-6-4-5-8-13(15)10-14/h12-13H,3-11H2,1-2H3. The molecule has 15 heavy (non-hydrogen) atoms. The molecular formula is C13H26BrN. The van der Waals surface area contributed by atoms with Crippen LogP contribution in [0.2, 0.25) is 0 Å². The molecule has 0 amide bonds. The maximum Gasteiger partial charge on any atom is 0.0192 e. The summed E-state index contributed by atoms with van der Waals surface area (Å²) < 4.78 is 0. The lowest BCUT2D eigenvalue weighted by Gasteiger charge is -2.31. The van der Waals surface area contributed by atoms with Gasteiger partial charge in [0, 0.05) is 17.9 Å². The highest BCUT2D eigenvalue weighted by Crippen LogP contribution is 2.20. The van der Waals surface area contributed by atoms with Gasteiger partial charge in [0.15, 0.2) is 0 Å². The molecule has 1 saturated heterocycles. The normalized spacial score (nSPS) is 26.2. The quantitative estimate of drug-likeness (QED) is 0.684. The van der Waals surface area contributed by atoms with Crippen molar-refractivity contribution in [2.24, 2.45) is 5.92 Å². The van der Waals surface area contributed by atoms with Crippen molar-refractivity contribution >= 4 is 15.9 Å². The summed E-state index contributed by atoms with van der Waals surface area (Å²) >= 11 is 3.67. The summed E-state index contributed by atoms with van der Waals surface area (Å²) in [5.41, 5.74) is 0. The smallest absolute Gasteiger partial charge is 0.0192 e. The van der Waals surface area contributed by atoms with E-state index < -0.39 is 0 Å². The van der Waals surface area contributed by atoms with Gasteiger partial charge in [0.25, 0.3) is 0 Å². The molecule has 0 aromatic rings. The minimum absolute atomic E-state index is 0.798. The summed E-state index contributed by atoms with van der Waals surface area (Å²) in [7, 11) is 0. The first-order valence-electron chi connectivity index (χ1n) is 6.58. The summed E-state index contributed by atoms with van der Waals surface area (Å²) in [4.78, 5) is 2.72. The first-order chi connectivity index (χ1) is 7.27. The van der Waals surface area contributed by atoms with E-state index >= 15 is 0 Å². The van der Waals surface area contributed by atoms with Crippen LogP contribution in [0.25, 0.3) is 0 Å². The second-order valence-corrected chi connectivity index (χ2v) is 5.69. The maximum atomic E-state index is 3.67. The summed E-state index contributed by atoms with van der Waals surface area (Å²) in [5, 5.41) is 1.16. The molecule has 2 unspecified atom stereocenters. The van der Waals surface area contributed by atoms with Crippen molar-refractivity contribution in [3.05, 3.63) is 0 Å². The summed E-state index contributed by atoms with van der Waals surface area (Å²) in [6.07, 6.45) is 8.36. The molecule has 0 aromatic carbocycles. The van der Waals surface area contributed by atoms with E-state index in [1.165, 1.54) is 51.6 Å². The first kappa shape index (κ1) is 13.5. The lowest BCUT2D eigenvalue weighted by atomic mass is 10.0. The number of alkyl halides is 1. The molecule has 1 nitrogen and oxygen atoms in total. The van der Waals surface area contributed by atoms with Gasteiger partial charge < -0.3 is 0 Å². The molecule has 0 bridgehead atoms. The third kappa shape index (κ3) is 4.86. The van der Waals surface area contributed by atoms with Gasteiger partial charge >= 0.3 is 0 Å². The molecule has 0 aliphatic carbocycles. The SMILES string of the molecule is CCCC(C)CN1CCCCCC1CBr. The molecule has 1 aliphatic heterocycles. The van der Waals surface area contributed by atoms with Crippen LogP contribution in [0.15, 0.2) is 0 Å². The molecule has 2 heteroatoms. The molecular weight excluding hydrogens is 250 g/mol. The molecule has 1 heterocycles. The predicted molar refractivity (Wildman–Crippen MR) is 71.7 cm³/mol. The minimum atomic E-state index is 0.798. The van der Waals surface area contributed by atoms with Crippen LogP contribution in [-0.2, 0) is 0 Å². The fourth-order valence-electron chi connectivity index (χ4n) is 2.64. The van der Waals surface area contributed by atoms with Crippen LogP contribution in [0.3, 0.4) is 0 Å². The van der Waals surface area contributed by atoms with Crippen LogP contribution >= 0.6 is 15.9 Å². The molecule has 0 spiro atoms. The third-order valence-corrected chi connectivity index (χ3v) is 4.25. The van der Waals surface area contributed by atoms with Gasteiger partial charge in [-0.15, -0.1) is 0 Å². The van der Waals surface area contributed by atoms with E-state index in [0.717, 1.165) is 17.3 Å². The lowest BCUT2D eigenvalue weighted by Crippen LogP contribution is -2.39. The van der Waals surface area contributed by atoms with E-state index in [-0.39, 0.29) is 0 Å². The Hall–Kier alpha value is 0.440. The third-order valence-electron chi connectivity index (χ3n) is 3.50. The molecule has 90 valence electrons. The van der Waals surface area contributed by atoms with Crippen LogP contribution in [0.1, 0.15) is 52.4 Å². The lowest BCUT2D eigenvalue weighted by molar-refractivity contribution is 0.185. The van der Waals surface area contributed by atoms with Gasteiger partial charge in [0.1, 0.15) is 0 Å². The predicted octanol–water partition coefficient (Wildman–Crippen LogP) is 4.06. The van der Waals surface area contributed by atoms with Crippen LogP contribution in [0.5, 0.6) is 0 Å². The van der Waals surface area contributed by atoms with Gasteiger partial charge in [-0.05, 0) is 31.7 Å². The highest BCUT2D eigenvalue weighted by atomic mass is 79.9. The van der Waals surface area contributed by atoms with E-state index in [0.29, 0.717) is 0 Å². The highest BCUT2D eigenvalue weighted by molar-refractivity contribution is 9.09. The molecule has 1 rings (SSSR count). The Kier molecular flexibility index (Phi) is 6.91. The number of rotatable bonds is 5. The Morgan fingerprint density at radius 2 is 2.13 bits per heavy atom. The molecule has 2 atom stereocenters. The molecule has 0 N–H and O–H groups in total. The number of nitrogens with zero attached hydrogens (tertiary/aromatic N) is 1. The van der Waals surface area contributed by atoms with E-state index in [1.807, 2.05) is 0 Å². The van der Waals surface area contributed by atoms with Crippen LogP contribution in [-0.4, -0.2) is 29.4 Å². The second kappa shape index (κ2) is 7.67. The van der Waals surface area contributed by atoms with Gasteiger partial charge in [-0.1, -0.05) is 49.0 Å². The zero-order chi connectivity index (χ0) is 11.1. The average molecular weight is 276 g/mol. The van der Waals surface area contributed by atoms with Gasteiger partial charge in [0.2, 0.25) is 0 Å². The Morgan fingerprint density at radius 3 is 2.80 bits per heavy atom. The number of likely N-dealkylation sites (tertiary alicyclic amines) is 1. The van der Waals surface area contributed by atoms with Crippen molar-refractivity contribution in [1.29, 1.82) is 0 Å². The van der Waals surface area contributed by atoms with Gasteiger partial charge in [-0.25, -0.2) is 0 Å². The number of hydrogen-bond acceptors (Lipinski definition) is 1. The zero-order valence-electron chi connectivity index (χ0n) is 10.3. The zero-order valence-corrected chi connectivity index (χ0v) is 11.9. The topological polar surface area (TPSA) is 3.24 Å². The van der Waals surface area contributed by atoms with Gasteiger partial charge in [0.05, 0.1) is 0 Å². The number of halogens is 1. The van der Waals surface area contributed by atoms with E-state index in [4.69, 9.17) is 0 Å².